The van der Waals surface area contributed by atoms with Crippen molar-refractivity contribution in [3.05, 3.63) is 91.5 Å². The van der Waals surface area contributed by atoms with Crippen LogP contribution in [-0.2, 0) is 60.4 Å². The molecule has 15 nitrogen and oxygen atoms in total. The van der Waals surface area contributed by atoms with Crippen molar-refractivity contribution in [1.29, 1.82) is 0 Å². The Morgan fingerprint density at radius 1 is 1.14 bits per heavy atom. The maximum Gasteiger partial charge on any atom is 0.407 e. The van der Waals surface area contributed by atoms with Crippen molar-refractivity contribution in [3.63, 3.8) is 0 Å². The highest BCUT2D eigenvalue weighted by Gasteiger charge is 2.46. The zero-order chi connectivity index (χ0) is 40.6. The second-order valence-electron chi connectivity index (χ2n) is 14.5. The van der Waals surface area contributed by atoms with Gasteiger partial charge in [0.1, 0.15) is 25.3 Å². The van der Waals surface area contributed by atoms with E-state index in [2.05, 4.69) is 21.3 Å². The molecule has 3 unspecified atom stereocenters. The van der Waals surface area contributed by atoms with E-state index in [1.807, 2.05) is 0 Å². The van der Waals surface area contributed by atoms with Gasteiger partial charge in [-0.3, -0.25) is 14.4 Å². The van der Waals surface area contributed by atoms with Crippen LogP contribution < -0.4 is 26.8 Å². The SMILES string of the molecule is CCC1(O)C(=O)OCc2c1cc1n(c2=O)Cc2c-1nc1cc(F)c(C)c3c1c2C(NC(=O)OCc1cccc(NC(=O)CCNC(=O)CCC(C=O)NC)c1)CC3. The minimum absolute atomic E-state index is 0.0174. The third-order valence-electron chi connectivity index (χ3n) is 11.1. The number of aryl methyl sites for hydroxylation is 1. The smallest absolute Gasteiger partial charge is 0.407 e. The fourth-order valence-electron chi connectivity index (χ4n) is 7.97. The summed E-state index contributed by atoms with van der Waals surface area (Å²) in [6, 6.07) is 8.73. The Hall–Kier alpha value is -6.00. The van der Waals surface area contributed by atoms with Crippen LogP contribution >= 0.6 is 0 Å². The number of alkyl carbamates (subject to hydrolysis) is 1. The monoisotopic (exact) mass is 782 g/mol. The Kier molecular flexibility index (Phi) is 10.9. The molecule has 0 fully saturated rings. The first-order valence-corrected chi connectivity index (χ1v) is 18.9. The number of carbonyl (C=O) groups is 5. The van der Waals surface area contributed by atoms with Crippen molar-refractivity contribution in [2.45, 2.75) is 89.8 Å². The van der Waals surface area contributed by atoms with Crippen molar-refractivity contribution in [2.75, 3.05) is 18.9 Å². The number of nitrogens with one attached hydrogen (secondary N) is 4. The molecule has 0 saturated carbocycles. The molecule has 1 aliphatic carbocycles. The fraction of sp³-hybridized carbons (Fsp3) is 0.390. The minimum Gasteiger partial charge on any atom is -0.458 e. The normalized spacial score (nSPS) is 18.1. The number of aldehydes is 1. The molecule has 0 bridgehead atoms. The van der Waals surface area contributed by atoms with Crippen LogP contribution in [0.1, 0.15) is 84.0 Å². The van der Waals surface area contributed by atoms with E-state index in [-0.39, 0.29) is 68.5 Å². The summed E-state index contributed by atoms with van der Waals surface area (Å²) in [5.74, 6) is -1.86. The molecule has 16 heteroatoms. The molecule has 57 heavy (non-hydrogen) atoms. The number of ether oxygens (including phenoxy) is 2. The van der Waals surface area contributed by atoms with Gasteiger partial charge in [0.2, 0.25) is 11.8 Å². The van der Waals surface area contributed by atoms with Gasteiger partial charge in [-0.05, 0) is 80.1 Å². The summed E-state index contributed by atoms with van der Waals surface area (Å²) < 4.78 is 27.6. The van der Waals surface area contributed by atoms with Crippen molar-refractivity contribution in [1.82, 2.24) is 25.5 Å². The summed E-state index contributed by atoms with van der Waals surface area (Å²) in [4.78, 5) is 80.4. The average molecular weight is 783 g/mol. The number of amides is 3. The van der Waals surface area contributed by atoms with Gasteiger partial charge in [0.05, 0.1) is 41.1 Å². The van der Waals surface area contributed by atoms with E-state index in [1.165, 1.54) is 10.6 Å². The van der Waals surface area contributed by atoms with Crippen LogP contribution in [0.2, 0.25) is 0 Å². The van der Waals surface area contributed by atoms with Gasteiger partial charge in [0, 0.05) is 47.7 Å². The zero-order valence-electron chi connectivity index (χ0n) is 31.8. The zero-order valence-corrected chi connectivity index (χ0v) is 31.8. The van der Waals surface area contributed by atoms with Crippen LogP contribution in [0.15, 0.2) is 41.2 Å². The topological polar surface area (TPSA) is 207 Å². The molecule has 3 aliphatic rings. The van der Waals surface area contributed by atoms with Gasteiger partial charge >= 0.3 is 12.1 Å². The summed E-state index contributed by atoms with van der Waals surface area (Å²) in [5, 5.41) is 23.2. The highest BCUT2D eigenvalue weighted by molar-refractivity contribution is 5.94. The Morgan fingerprint density at radius 3 is 2.70 bits per heavy atom. The van der Waals surface area contributed by atoms with Crippen LogP contribution in [-0.4, -0.2) is 64.5 Å². The first kappa shape index (κ1) is 39.2. The number of cyclic esters (lactones) is 1. The Labute approximate surface area is 326 Å². The maximum absolute atomic E-state index is 15.3. The highest BCUT2D eigenvalue weighted by atomic mass is 19.1. The molecule has 0 saturated heterocycles. The van der Waals surface area contributed by atoms with E-state index < -0.39 is 41.1 Å². The molecule has 298 valence electrons. The number of aromatic nitrogens is 2. The average Bonchev–Trinajstić information content (AvgIpc) is 3.57. The third kappa shape index (κ3) is 7.37. The molecule has 2 aromatic heterocycles. The number of likely N-dealkylation sites (N-methyl/N-ethyl adjacent to an activating group) is 1. The molecule has 0 spiro atoms. The molecule has 7 rings (SSSR count). The van der Waals surface area contributed by atoms with Crippen LogP contribution in [0.4, 0.5) is 14.9 Å². The number of nitrogens with zero attached hydrogens (tertiary/aromatic N) is 2. The lowest BCUT2D eigenvalue weighted by atomic mass is 9.81. The van der Waals surface area contributed by atoms with Crippen molar-refractivity contribution in [2.24, 2.45) is 0 Å². The Morgan fingerprint density at radius 2 is 1.95 bits per heavy atom. The van der Waals surface area contributed by atoms with Crippen molar-refractivity contribution >= 4 is 46.8 Å². The maximum atomic E-state index is 15.3. The van der Waals surface area contributed by atoms with Gasteiger partial charge in [-0.1, -0.05) is 19.1 Å². The highest BCUT2D eigenvalue weighted by Crippen LogP contribution is 2.46. The minimum atomic E-state index is -2.01. The van der Waals surface area contributed by atoms with E-state index >= 15 is 4.39 Å². The number of aliphatic hydroxyl groups is 1. The molecule has 3 atom stereocenters. The summed E-state index contributed by atoms with van der Waals surface area (Å²) in [5.41, 5.74) is 2.67. The number of pyridine rings is 2. The van der Waals surface area contributed by atoms with E-state index in [9.17, 15) is 33.9 Å². The van der Waals surface area contributed by atoms with Crippen molar-refractivity contribution < 1.29 is 42.9 Å². The number of fused-ring (bicyclic) bond motifs is 5. The Balaban J connectivity index is 1.06. The lowest BCUT2D eigenvalue weighted by Crippen LogP contribution is -2.44. The molecule has 2 aliphatic heterocycles. The molecular formula is C41H43FN6O9. The molecule has 4 aromatic rings. The number of anilines is 1. The van der Waals surface area contributed by atoms with Gasteiger partial charge in [-0.2, -0.15) is 0 Å². The lowest BCUT2D eigenvalue weighted by Gasteiger charge is -2.31. The Bertz CT molecular complexity index is 2400. The van der Waals surface area contributed by atoms with Crippen LogP contribution in [0.25, 0.3) is 22.3 Å². The molecule has 4 heterocycles. The summed E-state index contributed by atoms with van der Waals surface area (Å²) in [6.45, 7) is 3.14. The number of esters is 1. The van der Waals surface area contributed by atoms with Gasteiger partial charge in [0.15, 0.2) is 5.60 Å². The van der Waals surface area contributed by atoms with Crippen molar-refractivity contribution in [3.8, 4) is 11.4 Å². The van der Waals surface area contributed by atoms with E-state index in [1.54, 1.807) is 51.2 Å². The summed E-state index contributed by atoms with van der Waals surface area (Å²) in [7, 11) is 1.64. The summed E-state index contributed by atoms with van der Waals surface area (Å²) in [6.07, 6.45) is 1.39. The molecular weight excluding hydrogens is 739 g/mol. The number of halogens is 1. The standard InChI is InChI=1S/C41H43FN6O9/c1-4-41(55)28-15-32-37-26(17-48(32)38(52)27(28)20-56-39(41)53)36-30(10-9-25-21(2)29(42)16-31(46-37)35(25)36)47-40(54)57-19-22-6-5-7-23(14-22)45-34(51)12-13-44-33(50)11-8-24(18-49)43-3/h5-7,14-16,18,24,30,43,55H,4,8-13,17,19-20H2,1-3H3,(H,44,50)(H,45,51)(H,47,54). The second-order valence-corrected chi connectivity index (χ2v) is 14.5. The van der Waals surface area contributed by atoms with Gasteiger partial charge < -0.3 is 45.2 Å². The first-order chi connectivity index (χ1) is 27.4. The first-order valence-electron chi connectivity index (χ1n) is 18.9. The molecule has 0 radical (unpaired) electrons. The van der Waals surface area contributed by atoms with Gasteiger partial charge in [-0.15, -0.1) is 0 Å². The van der Waals surface area contributed by atoms with Gasteiger partial charge in [-0.25, -0.2) is 19.0 Å². The van der Waals surface area contributed by atoms with E-state index in [0.29, 0.717) is 69.5 Å². The number of hydrogen-bond acceptors (Lipinski definition) is 11. The molecule has 3 amide bonds. The molecule has 5 N–H and O–H groups in total. The predicted octanol–water partition coefficient (Wildman–Crippen LogP) is 3.45. The van der Waals surface area contributed by atoms with E-state index in [0.717, 1.165) is 11.8 Å². The second kappa shape index (κ2) is 15.9. The number of benzene rings is 2. The van der Waals surface area contributed by atoms with Crippen LogP contribution in [0.3, 0.4) is 0 Å². The fourth-order valence-corrected chi connectivity index (χ4v) is 7.97. The largest absolute Gasteiger partial charge is 0.458 e. The number of rotatable bonds is 13. The van der Waals surface area contributed by atoms with Crippen LogP contribution in [0, 0.1) is 12.7 Å². The summed E-state index contributed by atoms with van der Waals surface area (Å²) >= 11 is 0. The molecule has 2 aromatic carbocycles. The number of carbonyl (C=O) groups excluding carboxylic acids is 5. The quantitative estimate of drug-likeness (QED) is 0.0864. The lowest BCUT2D eigenvalue weighted by molar-refractivity contribution is -0.172. The van der Waals surface area contributed by atoms with Crippen LogP contribution in [0.5, 0.6) is 0 Å². The van der Waals surface area contributed by atoms with Gasteiger partial charge in [0.25, 0.3) is 5.56 Å². The van der Waals surface area contributed by atoms with E-state index in [4.69, 9.17) is 14.5 Å². The third-order valence-corrected chi connectivity index (χ3v) is 11.1. The predicted molar refractivity (Wildman–Crippen MR) is 204 cm³/mol. The number of hydrogen-bond donors (Lipinski definition) is 5.